The highest BCUT2D eigenvalue weighted by Crippen LogP contribution is 2.20. The monoisotopic (exact) mass is 408 g/mol. The summed E-state index contributed by atoms with van der Waals surface area (Å²) >= 11 is 0. The predicted octanol–water partition coefficient (Wildman–Crippen LogP) is 1.14. The number of hydroxylamine groups is 2. The molecule has 1 aromatic rings. The molecule has 152 valence electrons. The zero-order valence-electron chi connectivity index (χ0n) is 15.8. The molecule has 1 amide bonds. The van der Waals surface area contributed by atoms with Gasteiger partial charge in [0.05, 0.1) is 23.3 Å². The maximum Gasteiger partial charge on any atom is 0.247 e. The Bertz CT molecular complexity index is 859. The molecule has 1 atom stereocenters. The van der Waals surface area contributed by atoms with Gasteiger partial charge in [-0.25, -0.2) is 19.4 Å². The molecule has 3 N–H and O–H groups in total. The van der Waals surface area contributed by atoms with Crippen molar-refractivity contribution in [1.29, 1.82) is 5.26 Å². The molecule has 2 rings (SSSR count). The van der Waals surface area contributed by atoms with E-state index in [1.165, 1.54) is 4.31 Å². The Morgan fingerprint density at radius 2 is 2.04 bits per heavy atom. The summed E-state index contributed by atoms with van der Waals surface area (Å²) in [4.78, 5) is 17.2. The molecule has 0 saturated carbocycles. The van der Waals surface area contributed by atoms with Crippen LogP contribution in [0.15, 0.2) is 36.0 Å². The van der Waals surface area contributed by atoms with E-state index in [1.54, 1.807) is 49.7 Å². The highest BCUT2D eigenvalue weighted by Gasteiger charge is 2.32. The molecule has 1 aliphatic rings. The standard InChI is InChI=1S/C18H24N4O5S/c1-13(2)17(18(23)20-24)12-28(25,26)22-9-7-15(8-10-22)21-27-16-5-3-14(11-19)4-6-16/h3-7,13,17,21,24H,8-10,12H2,1-2H3,(H,20,23). The molecule has 0 aromatic heterocycles. The summed E-state index contributed by atoms with van der Waals surface area (Å²) in [6.45, 7) is 3.87. The summed E-state index contributed by atoms with van der Waals surface area (Å²) in [5, 5.41) is 17.6. The van der Waals surface area contributed by atoms with Crippen molar-refractivity contribution in [2.45, 2.75) is 20.3 Å². The minimum atomic E-state index is -3.66. The molecule has 9 nitrogen and oxygen atoms in total. The van der Waals surface area contributed by atoms with Crippen LogP contribution < -0.4 is 15.8 Å². The fraction of sp³-hybridized carbons (Fsp3) is 0.444. The number of sulfonamides is 1. The normalized spacial score (nSPS) is 16.0. The van der Waals surface area contributed by atoms with Gasteiger partial charge in [0, 0.05) is 25.2 Å². The van der Waals surface area contributed by atoms with Crippen LogP contribution in [0.5, 0.6) is 5.75 Å². The third-order valence-electron chi connectivity index (χ3n) is 4.49. The lowest BCUT2D eigenvalue weighted by Gasteiger charge is -2.28. The molecule has 1 heterocycles. The topological polar surface area (TPSA) is 132 Å². The van der Waals surface area contributed by atoms with Crippen LogP contribution in [0.25, 0.3) is 0 Å². The molecule has 0 spiro atoms. The van der Waals surface area contributed by atoms with Crippen LogP contribution in [-0.4, -0.2) is 42.7 Å². The van der Waals surface area contributed by atoms with Crippen molar-refractivity contribution in [3.8, 4) is 11.8 Å². The molecule has 1 aromatic carbocycles. The first kappa shape index (κ1) is 21.7. The van der Waals surface area contributed by atoms with E-state index in [9.17, 15) is 13.2 Å². The minimum absolute atomic E-state index is 0.160. The molecule has 1 aliphatic heterocycles. The Morgan fingerprint density at radius 1 is 1.36 bits per heavy atom. The highest BCUT2D eigenvalue weighted by atomic mass is 32.2. The Kier molecular flexibility index (Phi) is 7.39. The van der Waals surface area contributed by atoms with Crippen LogP contribution >= 0.6 is 0 Å². The summed E-state index contributed by atoms with van der Waals surface area (Å²) in [6.07, 6.45) is 2.13. The van der Waals surface area contributed by atoms with Crippen molar-refractivity contribution < 1.29 is 23.3 Å². The SMILES string of the molecule is CC(C)C(CS(=O)(=O)N1CC=C(NOc2ccc(C#N)cc2)CC1)C(=O)NO. The van der Waals surface area contributed by atoms with E-state index in [4.69, 9.17) is 15.3 Å². The summed E-state index contributed by atoms with van der Waals surface area (Å²) in [6, 6.07) is 8.60. The number of nitrogens with one attached hydrogen (secondary N) is 2. The average molecular weight is 408 g/mol. The van der Waals surface area contributed by atoms with Crippen molar-refractivity contribution in [2.24, 2.45) is 11.8 Å². The molecule has 0 fully saturated rings. The van der Waals surface area contributed by atoms with Gasteiger partial charge in [0.15, 0.2) is 5.75 Å². The molecule has 0 saturated heterocycles. The van der Waals surface area contributed by atoms with Gasteiger partial charge in [-0.3, -0.25) is 10.0 Å². The van der Waals surface area contributed by atoms with Crippen molar-refractivity contribution >= 4 is 15.9 Å². The van der Waals surface area contributed by atoms with Crippen LogP contribution in [0.2, 0.25) is 0 Å². The Balaban J connectivity index is 1.93. The number of hydrogen-bond donors (Lipinski definition) is 3. The van der Waals surface area contributed by atoms with Crippen LogP contribution in [0, 0.1) is 23.2 Å². The van der Waals surface area contributed by atoms with Gasteiger partial charge >= 0.3 is 0 Å². The largest absolute Gasteiger partial charge is 0.383 e. The van der Waals surface area contributed by atoms with Gasteiger partial charge < -0.3 is 4.84 Å². The first-order chi connectivity index (χ1) is 13.3. The lowest BCUT2D eigenvalue weighted by atomic mass is 9.97. The quantitative estimate of drug-likeness (QED) is 0.434. The summed E-state index contributed by atoms with van der Waals surface area (Å²) in [5.74, 6) is -1.61. The van der Waals surface area contributed by atoms with E-state index in [1.807, 2.05) is 6.07 Å². The lowest BCUT2D eigenvalue weighted by Crippen LogP contribution is -2.43. The number of nitrogens with zero attached hydrogens (tertiary/aromatic N) is 2. The van der Waals surface area contributed by atoms with Gasteiger partial charge in [-0.1, -0.05) is 13.8 Å². The summed E-state index contributed by atoms with van der Waals surface area (Å²) in [5.41, 5.74) is 5.60. The number of carbonyl (C=O) groups excluding carboxylic acids is 1. The number of rotatable bonds is 8. The van der Waals surface area contributed by atoms with Gasteiger partial charge in [0.1, 0.15) is 0 Å². The Morgan fingerprint density at radius 3 is 2.54 bits per heavy atom. The molecule has 1 unspecified atom stereocenters. The van der Waals surface area contributed by atoms with Crippen LogP contribution in [0.3, 0.4) is 0 Å². The zero-order chi connectivity index (χ0) is 20.7. The van der Waals surface area contributed by atoms with Gasteiger partial charge in [-0.2, -0.15) is 9.57 Å². The van der Waals surface area contributed by atoms with Gasteiger partial charge in [0.25, 0.3) is 0 Å². The first-order valence-corrected chi connectivity index (χ1v) is 10.4. The van der Waals surface area contributed by atoms with Crippen molar-refractivity contribution in [3.05, 3.63) is 41.6 Å². The molecular weight excluding hydrogens is 384 g/mol. The van der Waals surface area contributed by atoms with E-state index >= 15 is 0 Å². The first-order valence-electron chi connectivity index (χ1n) is 8.80. The third kappa shape index (κ3) is 5.69. The van der Waals surface area contributed by atoms with E-state index in [0.717, 1.165) is 5.70 Å². The smallest absolute Gasteiger partial charge is 0.247 e. The van der Waals surface area contributed by atoms with Crippen molar-refractivity contribution in [1.82, 2.24) is 15.3 Å². The number of carbonyl (C=O) groups is 1. The van der Waals surface area contributed by atoms with Crippen LogP contribution in [0.4, 0.5) is 0 Å². The van der Waals surface area contributed by atoms with E-state index in [2.05, 4.69) is 5.48 Å². The average Bonchev–Trinajstić information content (AvgIpc) is 2.70. The second kappa shape index (κ2) is 9.54. The second-order valence-electron chi connectivity index (χ2n) is 6.78. The fourth-order valence-electron chi connectivity index (χ4n) is 2.70. The third-order valence-corrected chi connectivity index (χ3v) is 6.39. The van der Waals surface area contributed by atoms with Crippen LogP contribution in [0.1, 0.15) is 25.8 Å². The van der Waals surface area contributed by atoms with Gasteiger partial charge in [-0.15, -0.1) is 0 Å². The van der Waals surface area contributed by atoms with Crippen LogP contribution in [-0.2, 0) is 14.8 Å². The van der Waals surface area contributed by atoms with E-state index in [0.29, 0.717) is 17.7 Å². The second-order valence-corrected chi connectivity index (χ2v) is 8.80. The Hall–Kier alpha value is -2.61. The van der Waals surface area contributed by atoms with Gasteiger partial charge in [0.2, 0.25) is 15.9 Å². The number of hydrogen-bond acceptors (Lipinski definition) is 7. The van der Waals surface area contributed by atoms with Crippen molar-refractivity contribution in [2.75, 3.05) is 18.8 Å². The number of benzene rings is 1. The van der Waals surface area contributed by atoms with Gasteiger partial charge in [-0.05, 0) is 36.3 Å². The van der Waals surface area contributed by atoms with E-state index in [-0.39, 0.29) is 24.8 Å². The molecule has 0 bridgehead atoms. The number of amides is 1. The molecule has 0 radical (unpaired) electrons. The Labute approximate surface area is 164 Å². The van der Waals surface area contributed by atoms with Crippen molar-refractivity contribution in [3.63, 3.8) is 0 Å². The molecular formula is C18H24N4O5S. The summed E-state index contributed by atoms with van der Waals surface area (Å²) in [7, 11) is -3.66. The lowest BCUT2D eigenvalue weighted by molar-refractivity contribution is -0.134. The molecule has 10 heteroatoms. The zero-order valence-corrected chi connectivity index (χ0v) is 16.6. The highest BCUT2D eigenvalue weighted by molar-refractivity contribution is 7.89. The molecule has 0 aliphatic carbocycles. The van der Waals surface area contributed by atoms with E-state index < -0.39 is 21.8 Å². The maximum atomic E-state index is 12.6. The fourth-order valence-corrected chi connectivity index (χ4v) is 4.58. The predicted molar refractivity (Wildman–Crippen MR) is 101 cm³/mol. The maximum absolute atomic E-state index is 12.6. The summed E-state index contributed by atoms with van der Waals surface area (Å²) < 4.78 is 26.6. The number of nitriles is 1. The minimum Gasteiger partial charge on any atom is -0.383 e. The molecule has 28 heavy (non-hydrogen) atoms.